The SMILES string of the molecule is Fc1ccc([C@H]2c3ccccc3CCN2C2=NC[C@@H]3NCC[C@H]3O2)cc1. The molecule has 1 N–H and O–H groups in total. The summed E-state index contributed by atoms with van der Waals surface area (Å²) in [5.41, 5.74) is 3.66. The Bertz CT molecular complexity index is 835. The van der Waals surface area contributed by atoms with Gasteiger partial charge in [0.2, 0.25) is 0 Å². The summed E-state index contributed by atoms with van der Waals surface area (Å²) >= 11 is 0. The molecule has 5 rings (SSSR count). The quantitative estimate of drug-likeness (QED) is 0.858. The van der Waals surface area contributed by atoms with Gasteiger partial charge in [-0.05, 0) is 48.2 Å². The van der Waals surface area contributed by atoms with Crippen LogP contribution in [-0.2, 0) is 11.2 Å². The minimum Gasteiger partial charge on any atom is -0.460 e. The molecule has 4 nitrogen and oxygen atoms in total. The van der Waals surface area contributed by atoms with Crippen molar-refractivity contribution < 1.29 is 9.13 Å². The normalized spacial score (nSPS) is 27.3. The van der Waals surface area contributed by atoms with E-state index in [9.17, 15) is 4.39 Å². The van der Waals surface area contributed by atoms with Gasteiger partial charge < -0.3 is 15.0 Å². The Hall–Kier alpha value is -2.40. The highest BCUT2D eigenvalue weighted by Crippen LogP contribution is 2.36. The fourth-order valence-electron chi connectivity index (χ4n) is 4.35. The third-order valence-electron chi connectivity index (χ3n) is 5.68. The van der Waals surface area contributed by atoms with Crippen molar-refractivity contribution >= 4 is 6.02 Å². The summed E-state index contributed by atoms with van der Waals surface area (Å²) in [5.74, 6) is -0.212. The largest absolute Gasteiger partial charge is 0.460 e. The zero-order chi connectivity index (χ0) is 17.5. The van der Waals surface area contributed by atoms with E-state index in [4.69, 9.17) is 9.73 Å². The van der Waals surface area contributed by atoms with Crippen LogP contribution in [0.3, 0.4) is 0 Å². The molecular weight excluding hydrogens is 329 g/mol. The average molecular weight is 351 g/mol. The van der Waals surface area contributed by atoms with Gasteiger partial charge in [0, 0.05) is 6.54 Å². The molecule has 1 fully saturated rings. The number of halogens is 1. The van der Waals surface area contributed by atoms with Gasteiger partial charge in [-0.15, -0.1) is 0 Å². The van der Waals surface area contributed by atoms with E-state index in [1.54, 1.807) is 0 Å². The molecule has 26 heavy (non-hydrogen) atoms. The number of fused-ring (bicyclic) bond motifs is 2. The number of ether oxygens (including phenoxy) is 1. The molecule has 3 heterocycles. The zero-order valence-corrected chi connectivity index (χ0v) is 14.6. The minimum atomic E-state index is -0.212. The second kappa shape index (κ2) is 6.40. The van der Waals surface area contributed by atoms with E-state index in [0.717, 1.165) is 44.1 Å². The lowest BCUT2D eigenvalue weighted by molar-refractivity contribution is 0.112. The maximum absolute atomic E-state index is 13.5. The zero-order valence-electron chi connectivity index (χ0n) is 14.6. The molecule has 3 atom stereocenters. The lowest BCUT2D eigenvalue weighted by atomic mass is 9.88. The average Bonchev–Trinajstić information content (AvgIpc) is 3.16. The van der Waals surface area contributed by atoms with Crippen molar-refractivity contribution in [3.63, 3.8) is 0 Å². The first-order valence-corrected chi connectivity index (χ1v) is 9.34. The van der Waals surface area contributed by atoms with Gasteiger partial charge in [-0.3, -0.25) is 0 Å². The van der Waals surface area contributed by atoms with E-state index in [2.05, 4.69) is 34.5 Å². The molecule has 0 saturated carbocycles. The third-order valence-corrected chi connectivity index (χ3v) is 5.68. The topological polar surface area (TPSA) is 36.9 Å². The van der Waals surface area contributed by atoms with Crippen LogP contribution < -0.4 is 5.32 Å². The summed E-state index contributed by atoms with van der Waals surface area (Å²) in [4.78, 5) is 7.00. The molecule has 0 amide bonds. The van der Waals surface area contributed by atoms with Crippen LogP contribution in [0.2, 0.25) is 0 Å². The first-order chi connectivity index (χ1) is 12.8. The Morgan fingerprint density at radius 2 is 1.96 bits per heavy atom. The van der Waals surface area contributed by atoms with Crippen molar-refractivity contribution in [1.82, 2.24) is 10.2 Å². The van der Waals surface area contributed by atoms with E-state index in [-0.39, 0.29) is 18.0 Å². The Balaban J connectivity index is 1.54. The Morgan fingerprint density at radius 1 is 1.12 bits per heavy atom. The molecule has 0 unspecified atom stereocenters. The summed E-state index contributed by atoms with van der Waals surface area (Å²) in [5, 5.41) is 3.45. The van der Waals surface area contributed by atoms with Crippen LogP contribution in [0.25, 0.3) is 0 Å². The Labute approximate surface area is 152 Å². The molecule has 2 aromatic rings. The van der Waals surface area contributed by atoms with Gasteiger partial charge in [0.05, 0.1) is 18.6 Å². The molecule has 134 valence electrons. The maximum Gasteiger partial charge on any atom is 0.288 e. The molecule has 3 aliphatic heterocycles. The Kier molecular flexibility index (Phi) is 3.89. The highest BCUT2D eigenvalue weighted by atomic mass is 19.1. The number of amidine groups is 1. The fourth-order valence-corrected chi connectivity index (χ4v) is 4.35. The minimum absolute atomic E-state index is 0.00483. The molecule has 0 radical (unpaired) electrons. The van der Waals surface area contributed by atoms with Crippen LogP contribution in [0.15, 0.2) is 53.5 Å². The van der Waals surface area contributed by atoms with Crippen molar-refractivity contribution in [3.8, 4) is 0 Å². The summed E-state index contributed by atoms with van der Waals surface area (Å²) in [6.07, 6.45) is 2.19. The smallest absolute Gasteiger partial charge is 0.288 e. The number of benzene rings is 2. The summed E-state index contributed by atoms with van der Waals surface area (Å²) < 4.78 is 19.8. The van der Waals surface area contributed by atoms with Crippen molar-refractivity contribution in [2.45, 2.75) is 31.0 Å². The number of hydrogen-bond acceptors (Lipinski definition) is 4. The first-order valence-electron chi connectivity index (χ1n) is 9.34. The van der Waals surface area contributed by atoms with Crippen molar-refractivity contribution in [2.75, 3.05) is 19.6 Å². The first kappa shape index (κ1) is 15.8. The third kappa shape index (κ3) is 2.67. The summed E-state index contributed by atoms with van der Waals surface area (Å²) in [6, 6.07) is 16.4. The molecule has 1 saturated heterocycles. The molecule has 0 aromatic heterocycles. The second-order valence-electron chi connectivity index (χ2n) is 7.23. The van der Waals surface area contributed by atoms with Gasteiger partial charge in [0.25, 0.3) is 6.02 Å². The van der Waals surface area contributed by atoms with Gasteiger partial charge in [-0.1, -0.05) is 36.4 Å². The maximum atomic E-state index is 13.5. The van der Waals surface area contributed by atoms with E-state index in [1.165, 1.54) is 23.3 Å². The molecule has 2 aromatic carbocycles. The van der Waals surface area contributed by atoms with E-state index in [0.29, 0.717) is 6.04 Å². The number of aliphatic imine (C=N–C) groups is 1. The molecule has 0 aliphatic carbocycles. The molecule has 0 spiro atoms. The van der Waals surface area contributed by atoms with Crippen LogP contribution in [0.5, 0.6) is 0 Å². The number of hydrogen-bond donors (Lipinski definition) is 1. The molecular formula is C21H22FN3O. The fraction of sp³-hybridized carbons (Fsp3) is 0.381. The number of nitrogens with zero attached hydrogens (tertiary/aromatic N) is 2. The van der Waals surface area contributed by atoms with Crippen LogP contribution >= 0.6 is 0 Å². The van der Waals surface area contributed by atoms with Crippen molar-refractivity contribution in [1.29, 1.82) is 0 Å². The Morgan fingerprint density at radius 3 is 2.85 bits per heavy atom. The van der Waals surface area contributed by atoms with Gasteiger partial charge in [-0.25, -0.2) is 9.38 Å². The molecule has 0 bridgehead atoms. The monoisotopic (exact) mass is 351 g/mol. The van der Waals surface area contributed by atoms with E-state index >= 15 is 0 Å². The standard InChI is InChI=1S/C21H22FN3O/c22-16-7-5-15(6-8-16)20-17-4-2-1-3-14(17)10-12-25(20)21-24-13-18-19(26-21)9-11-23-18/h1-8,18-20,23H,9-13H2/t18-,19+,20-/m0/s1. The van der Waals surface area contributed by atoms with Gasteiger partial charge in [0.15, 0.2) is 0 Å². The van der Waals surface area contributed by atoms with Gasteiger partial charge in [-0.2, -0.15) is 0 Å². The lowest BCUT2D eigenvalue weighted by Crippen LogP contribution is -2.48. The van der Waals surface area contributed by atoms with E-state index in [1.807, 2.05) is 12.1 Å². The number of rotatable bonds is 1. The predicted octanol–water partition coefficient (Wildman–Crippen LogP) is 2.89. The van der Waals surface area contributed by atoms with Crippen molar-refractivity contribution in [3.05, 3.63) is 71.0 Å². The number of nitrogens with one attached hydrogen (secondary N) is 1. The molecule has 5 heteroatoms. The highest BCUT2D eigenvalue weighted by Gasteiger charge is 2.38. The van der Waals surface area contributed by atoms with Gasteiger partial charge in [0.1, 0.15) is 11.9 Å². The molecule has 3 aliphatic rings. The van der Waals surface area contributed by atoms with Crippen LogP contribution in [0, 0.1) is 5.82 Å². The summed E-state index contributed by atoms with van der Waals surface area (Å²) in [6.45, 7) is 2.60. The van der Waals surface area contributed by atoms with Crippen LogP contribution in [0.1, 0.15) is 29.2 Å². The van der Waals surface area contributed by atoms with Crippen LogP contribution in [-0.4, -0.2) is 42.7 Å². The predicted molar refractivity (Wildman–Crippen MR) is 98.7 cm³/mol. The van der Waals surface area contributed by atoms with Crippen molar-refractivity contribution in [2.24, 2.45) is 4.99 Å². The highest BCUT2D eigenvalue weighted by molar-refractivity contribution is 5.76. The van der Waals surface area contributed by atoms with Gasteiger partial charge >= 0.3 is 0 Å². The lowest BCUT2D eigenvalue weighted by Gasteiger charge is -2.41. The second-order valence-corrected chi connectivity index (χ2v) is 7.23. The van der Waals surface area contributed by atoms with E-state index < -0.39 is 0 Å². The van der Waals surface area contributed by atoms with Crippen LogP contribution in [0.4, 0.5) is 4.39 Å². The summed E-state index contributed by atoms with van der Waals surface area (Å²) in [7, 11) is 0.